The molecular weight excluding hydrogens is 310 g/mol. The summed E-state index contributed by atoms with van der Waals surface area (Å²) in [5.41, 5.74) is 1.79. The quantitative estimate of drug-likeness (QED) is 0.873. The summed E-state index contributed by atoms with van der Waals surface area (Å²) in [6, 6.07) is 12.2. The van der Waals surface area contributed by atoms with Gasteiger partial charge in [-0.25, -0.2) is 4.79 Å². The molecule has 1 aliphatic heterocycles. The molecule has 1 N–H and O–H groups in total. The van der Waals surface area contributed by atoms with Crippen LogP contribution in [0.4, 0.5) is 5.69 Å². The van der Waals surface area contributed by atoms with Crippen LogP contribution in [0.25, 0.3) is 0 Å². The number of methoxy groups -OCH3 is 2. The van der Waals surface area contributed by atoms with Gasteiger partial charge in [-0.1, -0.05) is 18.2 Å². The number of fused-ring (bicyclic) bond motifs is 1. The molecule has 0 unspecified atom stereocenters. The molecule has 1 heterocycles. The van der Waals surface area contributed by atoms with Gasteiger partial charge in [0.1, 0.15) is 11.5 Å². The maximum atomic E-state index is 12.5. The lowest BCUT2D eigenvalue weighted by Gasteiger charge is -2.24. The highest BCUT2D eigenvalue weighted by molar-refractivity contribution is 6.00. The summed E-state index contributed by atoms with van der Waals surface area (Å²) in [4.78, 5) is 24.5. The molecule has 3 rings (SSSR count). The van der Waals surface area contributed by atoms with Gasteiger partial charge in [-0.2, -0.15) is 0 Å². The second-order valence-corrected chi connectivity index (χ2v) is 5.31. The molecule has 0 bridgehead atoms. The number of carbonyl (C=O) groups excluding carboxylic acids is 2. The van der Waals surface area contributed by atoms with Crippen LogP contribution in [-0.4, -0.2) is 32.2 Å². The molecular formula is C18H17NO5. The first-order valence-corrected chi connectivity index (χ1v) is 7.44. The van der Waals surface area contributed by atoms with E-state index in [0.29, 0.717) is 29.2 Å². The third-order valence-corrected chi connectivity index (χ3v) is 3.85. The van der Waals surface area contributed by atoms with Gasteiger partial charge in [-0.05, 0) is 23.8 Å². The average Bonchev–Trinajstić information content (AvgIpc) is 2.62. The van der Waals surface area contributed by atoms with Gasteiger partial charge in [-0.3, -0.25) is 4.79 Å². The predicted molar refractivity (Wildman–Crippen MR) is 87.5 cm³/mol. The van der Waals surface area contributed by atoms with Crippen LogP contribution in [0.5, 0.6) is 11.5 Å². The van der Waals surface area contributed by atoms with Crippen LogP contribution in [-0.2, 0) is 16.0 Å². The number of rotatable bonds is 4. The summed E-state index contributed by atoms with van der Waals surface area (Å²) >= 11 is 0. The van der Waals surface area contributed by atoms with Gasteiger partial charge in [0, 0.05) is 12.5 Å². The molecule has 1 amide bonds. The van der Waals surface area contributed by atoms with Gasteiger partial charge >= 0.3 is 5.97 Å². The molecule has 2 aromatic carbocycles. The Morgan fingerprint density at radius 2 is 1.96 bits per heavy atom. The maximum absolute atomic E-state index is 12.5. The SMILES string of the molecule is COc1ccc(NC(=O)[C@H]2Cc3ccccc3C(=O)O2)c(OC)c1. The number of cyclic esters (lactones) is 1. The Kier molecular flexibility index (Phi) is 4.37. The van der Waals surface area contributed by atoms with Crippen molar-refractivity contribution in [2.45, 2.75) is 12.5 Å². The summed E-state index contributed by atoms with van der Waals surface area (Å²) in [6.07, 6.45) is -0.536. The first-order valence-electron chi connectivity index (χ1n) is 7.44. The van der Waals surface area contributed by atoms with Crippen molar-refractivity contribution in [3.05, 3.63) is 53.6 Å². The van der Waals surface area contributed by atoms with E-state index < -0.39 is 18.0 Å². The lowest BCUT2D eigenvalue weighted by molar-refractivity contribution is -0.125. The van der Waals surface area contributed by atoms with E-state index in [1.165, 1.54) is 7.11 Å². The van der Waals surface area contributed by atoms with E-state index in [-0.39, 0.29) is 0 Å². The molecule has 1 aliphatic rings. The second kappa shape index (κ2) is 6.62. The van der Waals surface area contributed by atoms with Crippen molar-refractivity contribution < 1.29 is 23.8 Å². The topological polar surface area (TPSA) is 73.9 Å². The Bertz CT molecular complexity index is 787. The molecule has 6 heteroatoms. The normalized spacial score (nSPS) is 15.9. The summed E-state index contributed by atoms with van der Waals surface area (Å²) in [5.74, 6) is 0.188. The Balaban J connectivity index is 1.78. The number of hydrogen-bond acceptors (Lipinski definition) is 5. The predicted octanol–water partition coefficient (Wildman–Crippen LogP) is 2.42. The standard InChI is InChI=1S/C18H17NO5/c1-22-12-7-8-14(15(10-12)23-2)19-17(20)16-9-11-5-3-4-6-13(11)18(21)24-16/h3-8,10,16H,9H2,1-2H3,(H,19,20)/t16-/m1/s1. The Morgan fingerprint density at radius 1 is 1.17 bits per heavy atom. The van der Waals surface area contributed by atoms with E-state index in [1.807, 2.05) is 12.1 Å². The molecule has 24 heavy (non-hydrogen) atoms. The third kappa shape index (κ3) is 3.03. The molecule has 0 spiro atoms. The van der Waals surface area contributed by atoms with Gasteiger partial charge < -0.3 is 19.5 Å². The first kappa shape index (κ1) is 15.9. The molecule has 2 aromatic rings. The highest BCUT2D eigenvalue weighted by Crippen LogP contribution is 2.30. The van der Waals surface area contributed by atoms with Gasteiger partial charge in [-0.15, -0.1) is 0 Å². The number of anilines is 1. The number of esters is 1. The molecule has 0 aliphatic carbocycles. The zero-order valence-corrected chi connectivity index (χ0v) is 13.4. The molecule has 0 saturated carbocycles. The minimum Gasteiger partial charge on any atom is -0.497 e. The number of benzene rings is 2. The summed E-state index contributed by atoms with van der Waals surface area (Å²) in [5, 5.41) is 2.74. The fraction of sp³-hybridized carbons (Fsp3) is 0.222. The molecule has 0 radical (unpaired) electrons. The number of nitrogens with one attached hydrogen (secondary N) is 1. The van der Waals surface area contributed by atoms with Crippen LogP contribution < -0.4 is 14.8 Å². The van der Waals surface area contributed by atoms with E-state index in [4.69, 9.17) is 14.2 Å². The summed E-state index contributed by atoms with van der Waals surface area (Å²) in [6.45, 7) is 0. The van der Waals surface area contributed by atoms with Crippen LogP contribution in [0.3, 0.4) is 0 Å². The lowest BCUT2D eigenvalue weighted by atomic mass is 9.98. The van der Waals surface area contributed by atoms with Crippen LogP contribution in [0.1, 0.15) is 15.9 Å². The number of ether oxygens (including phenoxy) is 3. The minimum absolute atomic E-state index is 0.340. The zero-order chi connectivity index (χ0) is 17.1. The van der Waals surface area contributed by atoms with Crippen molar-refractivity contribution in [2.75, 3.05) is 19.5 Å². The highest BCUT2D eigenvalue weighted by atomic mass is 16.5. The molecule has 0 fully saturated rings. The molecule has 0 aromatic heterocycles. The van der Waals surface area contributed by atoms with Crippen molar-refractivity contribution in [3.63, 3.8) is 0 Å². The number of amides is 1. The largest absolute Gasteiger partial charge is 0.497 e. The van der Waals surface area contributed by atoms with Crippen LogP contribution in [0.15, 0.2) is 42.5 Å². The Labute approximate surface area is 139 Å². The van der Waals surface area contributed by atoms with Crippen LogP contribution in [0.2, 0.25) is 0 Å². The molecule has 1 atom stereocenters. The minimum atomic E-state index is -0.876. The number of hydrogen-bond donors (Lipinski definition) is 1. The van der Waals surface area contributed by atoms with E-state index >= 15 is 0 Å². The van der Waals surface area contributed by atoms with Gasteiger partial charge in [0.15, 0.2) is 6.10 Å². The summed E-state index contributed by atoms with van der Waals surface area (Å²) < 4.78 is 15.6. The highest BCUT2D eigenvalue weighted by Gasteiger charge is 2.31. The van der Waals surface area contributed by atoms with Gasteiger partial charge in [0.2, 0.25) is 0 Å². The Hall–Kier alpha value is -3.02. The first-order chi connectivity index (χ1) is 11.6. The fourth-order valence-electron chi connectivity index (χ4n) is 2.59. The van der Waals surface area contributed by atoms with E-state index in [0.717, 1.165) is 5.56 Å². The van der Waals surface area contributed by atoms with Crippen LogP contribution >= 0.6 is 0 Å². The monoisotopic (exact) mass is 327 g/mol. The second-order valence-electron chi connectivity index (χ2n) is 5.31. The lowest BCUT2D eigenvalue weighted by Crippen LogP contribution is -2.38. The van der Waals surface area contributed by atoms with Crippen molar-refractivity contribution in [1.82, 2.24) is 0 Å². The van der Waals surface area contributed by atoms with Crippen molar-refractivity contribution in [1.29, 1.82) is 0 Å². The summed E-state index contributed by atoms with van der Waals surface area (Å²) in [7, 11) is 3.05. The maximum Gasteiger partial charge on any atom is 0.339 e. The van der Waals surface area contributed by atoms with Crippen molar-refractivity contribution >= 4 is 17.6 Å². The molecule has 0 saturated heterocycles. The fourth-order valence-corrected chi connectivity index (χ4v) is 2.59. The van der Waals surface area contributed by atoms with E-state index in [1.54, 1.807) is 37.4 Å². The third-order valence-electron chi connectivity index (χ3n) is 3.85. The average molecular weight is 327 g/mol. The molecule has 124 valence electrons. The van der Waals surface area contributed by atoms with Gasteiger partial charge in [0.05, 0.1) is 25.5 Å². The van der Waals surface area contributed by atoms with Crippen LogP contribution in [0, 0.1) is 0 Å². The smallest absolute Gasteiger partial charge is 0.339 e. The van der Waals surface area contributed by atoms with Crippen molar-refractivity contribution in [3.8, 4) is 11.5 Å². The Morgan fingerprint density at radius 3 is 2.71 bits per heavy atom. The number of carbonyl (C=O) groups is 2. The van der Waals surface area contributed by atoms with E-state index in [2.05, 4.69) is 5.32 Å². The van der Waals surface area contributed by atoms with E-state index in [9.17, 15) is 9.59 Å². The van der Waals surface area contributed by atoms with Crippen molar-refractivity contribution in [2.24, 2.45) is 0 Å². The zero-order valence-electron chi connectivity index (χ0n) is 13.4. The van der Waals surface area contributed by atoms with Gasteiger partial charge in [0.25, 0.3) is 5.91 Å². The molecule has 6 nitrogen and oxygen atoms in total.